The maximum absolute atomic E-state index is 12.1. The predicted molar refractivity (Wildman–Crippen MR) is 66.3 cm³/mol. The van der Waals surface area contributed by atoms with Crippen LogP contribution >= 0.6 is 0 Å². The van der Waals surface area contributed by atoms with Crippen LogP contribution in [0.1, 0.15) is 36.8 Å². The van der Waals surface area contributed by atoms with Crippen LogP contribution in [0.4, 0.5) is 0 Å². The van der Waals surface area contributed by atoms with E-state index in [1.807, 2.05) is 0 Å². The number of imide groups is 1. The van der Waals surface area contributed by atoms with Crippen molar-refractivity contribution in [2.75, 3.05) is 0 Å². The topological polar surface area (TPSA) is 87.8 Å². The molecule has 0 unspecified atom stereocenters. The molecular formula is C14H9NO5. The van der Waals surface area contributed by atoms with Gasteiger partial charge in [-0.25, -0.2) is 4.79 Å². The third-order valence-electron chi connectivity index (χ3n) is 3.09. The molecule has 0 saturated heterocycles. The third kappa shape index (κ3) is 1.78. The van der Waals surface area contributed by atoms with E-state index in [-0.39, 0.29) is 17.9 Å². The monoisotopic (exact) mass is 271 g/mol. The maximum Gasteiger partial charge on any atom is 0.338 e. The number of carbonyl (C=O) groups is 3. The summed E-state index contributed by atoms with van der Waals surface area (Å²) in [6, 6.07) is 7.83. The lowest BCUT2D eigenvalue weighted by molar-refractivity contribution is 0.0629. The van der Waals surface area contributed by atoms with Gasteiger partial charge in [0.05, 0.1) is 23.2 Å². The molecule has 0 bridgehead atoms. The number of rotatable bonds is 3. The highest BCUT2D eigenvalue weighted by Crippen LogP contribution is 2.24. The molecule has 20 heavy (non-hydrogen) atoms. The molecule has 2 heterocycles. The van der Waals surface area contributed by atoms with Crippen molar-refractivity contribution in [3.8, 4) is 0 Å². The number of furan rings is 1. The fraction of sp³-hybridized carbons (Fsp3) is 0.0714. The minimum absolute atomic E-state index is 0.0170. The average Bonchev–Trinajstić information content (AvgIpc) is 3.00. The van der Waals surface area contributed by atoms with Gasteiger partial charge in [0.25, 0.3) is 11.8 Å². The summed E-state index contributed by atoms with van der Waals surface area (Å²) in [7, 11) is 0. The lowest BCUT2D eigenvalue weighted by Gasteiger charge is -2.11. The normalized spacial score (nSPS) is 13.7. The maximum atomic E-state index is 12.1. The molecule has 0 saturated carbocycles. The van der Waals surface area contributed by atoms with E-state index in [9.17, 15) is 14.4 Å². The molecule has 100 valence electrons. The molecule has 0 fully saturated rings. The molecule has 1 N–H and O–H groups in total. The quantitative estimate of drug-likeness (QED) is 0.859. The molecule has 0 atom stereocenters. The summed E-state index contributed by atoms with van der Waals surface area (Å²) in [6.45, 7) is -0.0837. The standard InChI is InChI=1S/C14H9NO5/c16-12-10-3-1-2-4-11(10)13(17)15(12)6-9-5-8(7-20-9)14(18)19/h1-5,7H,6H2,(H,18,19). The van der Waals surface area contributed by atoms with Crippen molar-refractivity contribution >= 4 is 17.8 Å². The molecule has 3 rings (SSSR count). The molecule has 1 aliphatic heterocycles. The highest BCUT2D eigenvalue weighted by Gasteiger charge is 2.35. The first-order chi connectivity index (χ1) is 9.58. The third-order valence-corrected chi connectivity index (χ3v) is 3.09. The molecule has 2 amide bonds. The van der Waals surface area contributed by atoms with E-state index >= 15 is 0 Å². The van der Waals surface area contributed by atoms with E-state index in [1.165, 1.54) is 6.07 Å². The molecule has 6 nitrogen and oxygen atoms in total. The van der Waals surface area contributed by atoms with Gasteiger partial charge in [-0.3, -0.25) is 14.5 Å². The number of carboxylic acids is 1. The summed E-state index contributed by atoms with van der Waals surface area (Å²) in [5.41, 5.74) is 0.682. The van der Waals surface area contributed by atoms with E-state index in [0.29, 0.717) is 11.1 Å². The zero-order valence-electron chi connectivity index (χ0n) is 10.2. The molecule has 1 aromatic heterocycles. The van der Waals surface area contributed by atoms with Crippen molar-refractivity contribution in [3.63, 3.8) is 0 Å². The zero-order chi connectivity index (χ0) is 14.3. The highest BCUT2D eigenvalue weighted by molar-refractivity contribution is 6.21. The molecular weight excluding hydrogens is 262 g/mol. The summed E-state index contributed by atoms with van der Waals surface area (Å²) in [5.74, 6) is -1.68. The van der Waals surface area contributed by atoms with Crippen molar-refractivity contribution in [1.82, 2.24) is 4.90 Å². The molecule has 1 aliphatic rings. The molecule has 0 spiro atoms. The van der Waals surface area contributed by atoms with Crippen molar-refractivity contribution in [1.29, 1.82) is 0 Å². The number of carboxylic acid groups (broad SMARTS) is 1. The molecule has 0 radical (unpaired) electrons. The fourth-order valence-electron chi connectivity index (χ4n) is 2.11. The first-order valence-corrected chi connectivity index (χ1v) is 5.84. The van der Waals surface area contributed by atoms with Gasteiger partial charge in [0.1, 0.15) is 12.0 Å². The van der Waals surface area contributed by atoms with Gasteiger partial charge >= 0.3 is 5.97 Å². The van der Waals surface area contributed by atoms with Gasteiger partial charge in [0.15, 0.2) is 0 Å². The van der Waals surface area contributed by atoms with Crippen molar-refractivity contribution in [2.24, 2.45) is 0 Å². The fourth-order valence-corrected chi connectivity index (χ4v) is 2.11. The Balaban J connectivity index is 1.87. The van der Waals surface area contributed by atoms with Crippen LogP contribution < -0.4 is 0 Å². The number of aromatic carboxylic acids is 1. The Morgan fingerprint density at radius 2 is 1.75 bits per heavy atom. The van der Waals surface area contributed by atoms with Gasteiger partial charge in [-0.1, -0.05) is 12.1 Å². The second-order valence-corrected chi connectivity index (χ2v) is 4.35. The lowest BCUT2D eigenvalue weighted by atomic mass is 10.1. The van der Waals surface area contributed by atoms with Crippen LogP contribution in [0, 0.1) is 0 Å². The number of hydrogen-bond acceptors (Lipinski definition) is 4. The van der Waals surface area contributed by atoms with Gasteiger partial charge in [-0.15, -0.1) is 0 Å². The van der Waals surface area contributed by atoms with Crippen molar-refractivity contribution < 1.29 is 23.9 Å². The van der Waals surface area contributed by atoms with Gasteiger partial charge in [0, 0.05) is 0 Å². The number of carbonyl (C=O) groups excluding carboxylic acids is 2. The minimum Gasteiger partial charge on any atom is -0.478 e. The van der Waals surface area contributed by atoms with Crippen LogP contribution in [0.25, 0.3) is 0 Å². The molecule has 2 aromatic rings. The van der Waals surface area contributed by atoms with Gasteiger partial charge in [-0.2, -0.15) is 0 Å². The number of hydrogen-bond donors (Lipinski definition) is 1. The van der Waals surface area contributed by atoms with E-state index in [1.54, 1.807) is 24.3 Å². The number of fused-ring (bicyclic) bond motifs is 1. The first kappa shape index (κ1) is 12.2. The highest BCUT2D eigenvalue weighted by atomic mass is 16.4. The smallest absolute Gasteiger partial charge is 0.338 e. The van der Waals surface area contributed by atoms with Crippen molar-refractivity contribution in [3.05, 3.63) is 59.0 Å². The van der Waals surface area contributed by atoms with Crippen LogP contribution in [-0.4, -0.2) is 27.8 Å². The largest absolute Gasteiger partial charge is 0.478 e. The van der Waals surface area contributed by atoms with E-state index in [4.69, 9.17) is 9.52 Å². The summed E-state index contributed by atoms with van der Waals surface area (Å²) in [6.07, 6.45) is 1.08. The Kier molecular flexibility index (Phi) is 2.64. The Bertz CT molecular complexity index is 696. The van der Waals surface area contributed by atoms with Crippen LogP contribution in [0.3, 0.4) is 0 Å². The van der Waals surface area contributed by atoms with Crippen LogP contribution in [0.15, 0.2) is 41.0 Å². The first-order valence-electron chi connectivity index (χ1n) is 5.84. The van der Waals surface area contributed by atoms with Gasteiger partial charge in [0.2, 0.25) is 0 Å². The Morgan fingerprint density at radius 3 is 2.25 bits per heavy atom. The van der Waals surface area contributed by atoms with Crippen LogP contribution in [0.2, 0.25) is 0 Å². The number of benzene rings is 1. The summed E-state index contributed by atoms with van der Waals surface area (Å²) in [5, 5.41) is 8.80. The van der Waals surface area contributed by atoms with E-state index < -0.39 is 17.8 Å². The predicted octanol–water partition coefficient (Wildman–Crippen LogP) is 1.77. The Hall–Kier alpha value is -2.89. The Morgan fingerprint density at radius 1 is 1.15 bits per heavy atom. The van der Waals surface area contributed by atoms with Gasteiger partial charge in [-0.05, 0) is 18.2 Å². The lowest BCUT2D eigenvalue weighted by Crippen LogP contribution is -2.28. The summed E-state index contributed by atoms with van der Waals surface area (Å²) >= 11 is 0. The summed E-state index contributed by atoms with van der Waals surface area (Å²) < 4.78 is 5.06. The minimum atomic E-state index is -1.12. The van der Waals surface area contributed by atoms with Crippen LogP contribution in [-0.2, 0) is 6.54 Å². The van der Waals surface area contributed by atoms with Gasteiger partial charge < -0.3 is 9.52 Å². The Labute approximate surface area is 113 Å². The molecule has 6 heteroatoms. The second-order valence-electron chi connectivity index (χ2n) is 4.35. The number of amides is 2. The number of nitrogens with zero attached hydrogens (tertiary/aromatic N) is 1. The van der Waals surface area contributed by atoms with E-state index in [2.05, 4.69) is 0 Å². The zero-order valence-corrected chi connectivity index (χ0v) is 10.2. The average molecular weight is 271 g/mol. The van der Waals surface area contributed by atoms with Crippen molar-refractivity contribution in [2.45, 2.75) is 6.54 Å². The molecule has 0 aliphatic carbocycles. The molecule has 1 aromatic carbocycles. The second kappa shape index (κ2) is 4.34. The van der Waals surface area contributed by atoms with E-state index in [0.717, 1.165) is 11.2 Å². The SMILES string of the molecule is O=C(O)c1coc(CN2C(=O)c3ccccc3C2=O)c1. The van der Waals surface area contributed by atoms with Crippen LogP contribution in [0.5, 0.6) is 0 Å². The summed E-state index contributed by atoms with van der Waals surface area (Å²) in [4.78, 5) is 36.0.